The molecule has 1 rings (SSSR count). The molecule has 2 N–H and O–H groups in total. The van der Waals surface area contributed by atoms with Gasteiger partial charge in [-0.1, -0.05) is 0 Å². The third-order valence-electron chi connectivity index (χ3n) is 2.22. The second-order valence-electron chi connectivity index (χ2n) is 3.53. The molecule has 2 nitrogen and oxygen atoms in total. The van der Waals surface area contributed by atoms with Crippen molar-refractivity contribution in [3.63, 3.8) is 0 Å². The molecule has 1 aromatic carbocycles. The predicted octanol–water partition coefficient (Wildman–Crippen LogP) is -0.805. The van der Waals surface area contributed by atoms with Crippen LogP contribution in [-0.4, -0.2) is 31.2 Å². The van der Waals surface area contributed by atoms with Crippen molar-refractivity contribution in [2.75, 3.05) is 12.4 Å². The van der Waals surface area contributed by atoms with Gasteiger partial charge in [0.25, 0.3) is 0 Å². The summed E-state index contributed by atoms with van der Waals surface area (Å²) in [4.78, 5) is 0. The molecule has 0 bridgehead atoms. The number of hydrogen-bond donors (Lipinski definition) is 1. The van der Waals surface area contributed by atoms with Gasteiger partial charge in [-0.3, -0.25) is 0 Å². The van der Waals surface area contributed by atoms with Crippen LogP contribution in [0.4, 0.5) is 0 Å². The molecular weight excluding hydrogens is 405 g/mol. The summed E-state index contributed by atoms with van der Waals surface area (Å²) >= 11 is -1.96. The van der Waals surface area contributed by atoms with Crippen LogP contribution in [0.1, 0.15) is 32.4 Å². The van der Waals surface area contributed by atoms with E-state index in [-0.39, 0.29) is 23.0 Å². The van der Waals surface area contributed by atoms with Gasteiger partial charge in [-0.2, -0.15) is 0 Å². The predicted molar refractivity (Wildman–Crippen MR) is 74.2 cm³/mol. The molecule has 0 saturated heterocycles. The largest absolute Gasteiger partial charge is 1.00 e. The summed E-state index contributed by atoms with van der Waals surface area (Å²) in [6, 6.07) is 8.59. The Hall–Kier alpha value is 0.769. The molecular formula is C12H20BrNOSSn. The molecule has 5 heteroatoms. The Bertz CT molecular complexity index is 319. The van der Waals surface area contributed by atoms with E-state index in [4.69, 9.17) is 8.81 Å². The minimum Gasteiger partial charge on any atom is -1.00 e. The Balaban J connectivity index is 0.00000256. The Morgan fingerprint density at radius 3 is 2.53 bits per heavy atom. The van der Waals surface area contributed by atoms with Crippen molar-refractivity contribution < 1.29 is 20.1 Å². The molecule has 0 heterocycles. The van der Waals surface area contributed by atoms with E-state index in [0.29, 0.717) is 0 Å². The molecule has 17 heavy (non-hydrogen) atoms. The molecule has 0 spiro atoms. The van der Waals surface area contributed by atoms with Crippen LogP contribution in [-0.2, 0) is 3.07 Å². The molecule has 0 radical (unpaired) electrons. The van der Waals surface area contributed by atoms with E-state index in [9.17, 15) is 0 Å². The van der Waals surface area contributed by atoms with Crippen LogP contribution in [0.15, 0.2) is 24.3 Å². The maximum atomic E-state index is 6.01. The van der Waals surface area contributed by atoms with Crippen molar-refractivity contribution in [1.29, 1.82) is 0 Å². The van der Waals surface area contributed by atoms with Gasteiger partial charge in [0.05, 0.1) is 0 Å². The fourth-order valence-corrected chi connectivity index (χ4v) is 11.8. The third-order valence-corrected chi connectivity index (χ3v) is 13.9. The van der Waals surface area contributed by atoms with Crippen LogP contribution >= 0.6 is 8.95 Å². The van der Waals surface area contributed by atoms with E-state index in [1.54, 1.807) is 0 Å². The van der Waals surface area contributed by atoms with Gasteiger partial charge in [0.2, 0.25) is 0 Å². The zero-order valence-corrected chi connectivity index (χ0v) is 15.8. The van der Waals surface area contributed by atoms with Crippen LogP contribution in [0.5, 0.6) is 0 Å². The standard InChI is InChI=1S/C8H10N.C2H5O.C2H6S.BrH.Sn/c1-7(9)8-5-3-2-4-6-8;2*1-2-3;;/h2-5,7H,9H2,1H3;2H2,1H3;3H,2H2,1H3;1H;/q;-1;;;+3/p-2. The van der Waals surface area contributed by atoms with Crippen molar-refractivity contribution in [3.05, 3.63) is 29.8 Å². The summed E-state index contributed by atoms with van der Waals surface area (Å²) < 4.78 is 7.37. The minimum atomic E-state index is -1.96. The number of rotatable bonds is 6. The first-order valence-electron chi connectivity index (χ1n) is 5.68. The summed E-state index contributed by atoms with van der Waals surface area (Å²) in [5, 5.41) is 0. The van der Waals surface area contributed by atoms with E-state index in [1.165, 1.54) is 9.14 Å². The SMILES string of the molecule is CC[O][Sn+]([S]CC)[c]1ccccc1C(C)N.[Br-]. The Morgan fingerprint density at radius 2 is 2.00 bits per heavy atom. The molecule has 0 aliphatic heterocycles. The topological polar surface area (TPSA) is 35.2 Å². The van der Waals surface area contributed by atoms with E-state index >= 15 is 0 Å². The molecule has 1 aromatic rings. The fourth-order valence-electron chi connectivity index (χ4n) is 1.54. The second-order valence-corrected chi connectivity index (χ2v) is 13.4. The number of halogens is 1. The third kappa shape index (κ3) is 5.51. The monoisotopic (exact) mass is 425 g/mol. The number of nitrogens with two attached hydrogens (primary N) is 1. The van der Waals surface area contributed by atoms with Gasteiger partial charge in [-0.25, -0.2) is 0 Å². The average Bonchev–Trinajstić information content (AvgIpc) is 2.29. The molecule has 1 unspecified atom stereocenters. The zero-order valence-electron chi connectivity index (χ0n) is 10.6. The van der Waals surface area contributed by atoms with Crippen LogP contribution in [0.3, 0.4) is 0 Å². The summed E-state index contributed by atoms with van der Waals surface area (Å²) in [5.41, 5.74) is 7.28. The van der Waals surface area contributed by atoms with Crippen molar-refractivity contribution in [2.24, 2.45) is 5.73 Å². The van der Waals surface area contributed by atoms with E-state index in [2.05, 4.69) is 38.1 Å². The van der Waals surface area contributed by atoms with Crippen molar-refractivity contribution in [3.8, 4) is 0 Å². The zero-order chi connectivity index (χ0) is 12.0. The van der Waals surface area contributed by atoms with Gasteiger partial charge >= 0.3 is 109 Å². The van der Waals surface area contributed by atoms with Crippen LogP contribution in [0.25, 0.3) is 0 Å². The summed E-state index contributed by atoms with van der Waals surface area (Å²) in [5.74, 6) is 1.13. The summed E-state index contributed by atoms with van der Waals surface area (Å²) in [6.07, 6.45) is 0. The first-order valence-corrected chi connectivity index (χ1v) is 12.7. The maximum Gasteiger partial charge on any atom is -1.00 e. The fraction of sp³-hybridized carbons (Fsp3) is 0.500. The number of benzene rings is 1. The van der Waals surface area contributed by atoms with Crippen LogP contribution < -0.4 is 26.3 Å². The molecule has 0 aromatic heterocycles. The summed E-state index contributed by atoms with van der Waals surface area (Å²) in [6.45, 7) is 7.13. The van der Waals surface area contributed by atoms with Crippen LogP contribution in [0, 0.1) is 0 Å². The van der Waals surface area contributed by atoms with E-state index < -0.39 is 18.8 Å². The van der Waals surface area contributed by atoms with E-state index in [0.717, 1.165) is 12.4 Å². The van der Waals surface area contributed by atoms with Gasteiger partial charge in [-0.15, -0.1) is 0 Å². The maximum absolute atomic E-state index is 6.01. The normalized spacial score (nSPS) is 11.8. The van der Waals surface area contributed by atoms with Gasteiger partial charge in [0.1, 0.15) is 0 Å². The minimum absolute atomic E-state index is 0. The number of hydrogen-bond acceptors (Lipinski definition) is 3. The Kier molecular flexibility index (Phi) is 10.1. The van der Waals surface area contributed by atoms with Gasteiger partial charge in [0, 0.05) is 0 Å². The molecule has 96 valence electrons. The molecule has 1 atom stereocenters. The van der Waals surface area contributed by atoms with Crippen molar-refractivity contribution in [2.45, 2.75) is 26.8 Å². The molecule has 0 aliphatic carbocycles. The molecule has 0 amide bonds. The second kappa shape index (κ2) is 9.67. The molecule has 0 saturated carbocycles. The van der Waals surface area contributed by atoms with Gasteiger partial charge in [-0.05, 0) is 0 Å². The van der Waals surface area contributed by atoms with E-state index in [1.807, 2.05) is 15.9 Å². The van der Waals surface area contributed by atoms with Crippen molar-refractivity contribution >= 4 is 31.3 Å². The van der Waals surface area contributed by atoms with Crippen LogP contribution in [0.2, 0.25) is 0 Å². The van der Waals surface area contributed by atoms with Gasteiger partial charge < -0.3 is 17.0 Å². The summed E-state index contributed by atoms with van der Waals surface area (Å²) in [7, 11) is 2.00. The first-order chi connectivity index (χ1) is 7.70. The molecule has 0 aliphatic rings. The molecule has 0 fully saturated rings. The first kappa shape index (κ1) is 17.8. The smallest absolute Gasteiger partial charge is 1.00 e. The Morgan fingerprint density at radius 1 is 1.35 bits per heavy atom. The Labute approximate surface area is 125 Å². The quantitative estimate of drug-likeness (QED) is 0.607. The average molecular weight is 425 g/mol. The van der Waals surface area contributed by atoms with Crippen molar-refractivity contribution in [1.82, 2.24) is 0 Å². The van der Waals surface area contributed by atoms with Gasteiger partial charge in [0.15, 0.2) is 0 Å².